The summed E-state index contributed by atoms with van der Waals surface area (Å²) in [6, 6.07) is -1.74. The molecule has 0 aromatic carbocycles. The van der Waals surface area contributed by atoms with Crippen LogP contribution in [-0.4, -0.2) is 36.0 Å². The van der Waals surface area contributed by atoms with Gasteiger partial charge in [0.05, 0.1) is 6.42 Å². The fourth-order valence-corrected chi connectivity index (χ4v) is 1.10. The maximum atomic E-state index is 10.3. The molecule has 0 aromatic heterocycles. The Morgan fingerprint density at radius 1 is 1.46 bits per heavy atom. The zero-order valence-electron chi connectivity index (χ0n) is 6.30. The number of rotatable bonds is 5. The molecule has 0 unspecified atom stereocenters. The molecule has 0 spiro atoms. The van der Waals surface area contributed by atoms with E-state index < -0.39 is 34.6 Å². The van der Waals surface area contributed by atoms with Gasteiger partial charge in [-0.2, -0.15) is 13.1 Å². The molecule has 0 bridgehead atoms. The fraction of sp³-hybridized carbons (Fsp3) is 0.500. The first-order chi connectivity index (χ1) is 5.72. The predicted octanol–water partition coefficient (Wildman–Crippen LogP) is -2.29. The van der Waals surface area contributed by atoms with Crippen molar-refractivity contribution >= 4 is 22.2 Å². The van der Waals surface area contributed by atoms with Crippen LogP contribution in [-0.2, 0) is 19.9 Å². The minimum Gasteiger partial charge on any atom is -0.480 e. The number of carboxylic acids is 1. The van der Waals surface area contributed by atoms with Crippen molar-refractivity contribution in [1.82, 2.24) is 4.72 Å². The molecule has 1 atom stereocenters. The molecule has 13 heavy (non-hydrogen) atoms. The number of nitrogens with one attached hydrogen (secondary N) is 1. The molecule has 0 radical (unpaired) electrons. The SMILES string of the molecule is NC(=O)C[C@@H](NS(=O)(=O)O)C(=O)O. The highest BCUT2D eigenvalue weighted by molar-refractivity contribution is 7.83. The van der Waals surface area contributed by atoms with E-state index in [9.17, 15) is 18.0 Å². The molecule has 1 amide bonds. The lowest BCUT2D eigenvalue weighted by atomic mass is 10.2. The Bertz CT molecular complexity index is 309. The third kappa shape index (κ3) is 6.02. The molecule has 0 aromatic rings. The van der Waals surface area contributed by atoms with Gasteiger partial charge < -0.3 is 10.8 Å². The van der Waals surface area contributed by atoms with Crippen LogP contribution in [0.3, 0.4) is 0 Å². The summed E-state index contributed by atoms with van der Waals surface area (Å²) in [5, 5.41) is 8.34. The number of hydrogen-bond donors (Lipinski definition) is 4. The molecule has 0 saturated carbocycles. The van der Waals surface area contributed by atoms with Crippen molar-refractivity contribution < 1.29 is 27.7 Å². The van der Waals surface area contributed by atoms with E-state index in [0.717, 1.165) is 0 Å². The van der Waals surface area contributed by atoms with Gasteiger partial charge in [-0.3, -0.25) is 14.1 Å². The van der Waals surface area contributed by atoms with Gasteiger partial charge in [0, 0.05) is 0 Å². The number of carboxylic acid groups (broad SMARTS) is 1. The molecule has 0 rings (SSSR count). The molecule has 0 aliphatic carbocycles. The van der Waals surface area contributed by atoms with E-state index in [2.05, 4.69) is 5.73 Å². The smallest absolute Gasteiger partial charge is 0.334 e. The van der Waals surface area contributed by atoms with Gasteiger partial charge in [0.25, 0.3) is 0 Å². The van der Waals surface area contributed by atoms with E-state index in [1.54, 1.807) is 0 Å². The molecule has 0 heterocycles. The Kier molecular flexibility index (Phi) is 3.78. The molecule has 0 aliphatic rings. The third-order valence-electron chi connectivity index (χ3n) is 0.995. The average molecular weight is 212 g/mol. The third-order valence-corrected chi connectivity index (χ3v) is 1.58. The first-order valence-electron chi connectivity index (χ1n) is 2.98. The van der Waals surface area contributed by atoms with Crippen LogP contribution in [0.25, 0.3) is 0 Å². The number of nitrogens with two attached hydrogens (primary N) is 1. The van der Waals surface area contributed by atoms with Gasteiger partial charge in [0.15, 0.2) is 0 Å². The Morgan fingerprint density at radius 3 is 2.15 bits per heavy atom. The molecule has 5 N–H and O–H groups in total. The van der Waals surface area contributed by atoms with Gasteiger partial charge in [-0.25, -0.2) is 0 Å². The number of primary amides is 1. The fourth-order valence-electron chi connectivity index (χ4n) is 0.560. The number of carbonyl (C=O) groups is 2. The number of aliphatic carboxylic acids is 1. The zero-order chi connectivity index (χ0) is 10.6. The molecule has 0 aliphatic heterocycles. The second kappa shape index (κ2) is 4.16. The van der Waals surface area contributed by atoms with Crippen LogP contribution < -0.4 is 10.5 Å². The van der Waals surface area contributed by atoms with Crippen LogP contribution in [0.1, 0.15) is 6.42 Å². The standard InChI is InChI=1S/C4H8N2O6S/c5-3(7)1-2(4(8)9)6-13(10,11)12/h2,6H,1H2,(H2,5,7)(H,8,9)(H,10,11,12)/t2-/m1/s1. The summed E-state index contributed by atoms with van der Waals surface area (Å²) in [7, 11) is -4.65. The minimum atomic E-state index is -4.65. The summed E-state index contributed by atoms with van der Waals surface area (Å²) in [5.74, 6) is -2.60. The molecule has 0 saturated heterocycles. The molecule has 8 nitrogen and oxygen atoms in total. The molecule has 0 fully saturated rings. The maximum Gasteiger partial charge on any atom is 0.334 e. The summed E-state index contributed by atoms with van der Waals surface area (Å²) < 4.78 is 29.8. The van der Waals surface area contributed by atoms with Crippen molar-refractivity contribution in [3.63, 3.8) is 0 Å². The van der Waals surface area contributed by atoms with Crippen LogP contribution in [0.2, 0.25) is 0 Å². The van der Waals surface area contributed by atoms with Crippen LogP contribution in [0, 0.1) is 0 Å². The van der Waals surface area contributed by atoms with Crippen LogP contribution in [0.15, 0.2) is 0 Å². The Balaban J connectivity index is 4.45. The lowest BCUT2D eigenvalue weighted by Crippen LogP contribution is -2.42. The van der Waals surface area contributed by atoms with Crippen molar-refractivity contribution in [3.8, 4) is 0 Å². The Morgan fingerprint density at radius 2 is 1.92 bits per heavy atom. The van der Waals surface area contributed by atoms with Gasteiger partial charge >= 0.3 is 16.3 Å². The largest absolute Gasteiger partial charge is 0.480 e. The molecule has 76 valence electrons. The lowest BCUT2D eigenvalue weighted by Gasteiger charge is -2.08. The summed E-state index contributed by atoms with van der Waals surface area (Å²) in [4.78, 5) is 20.5. The highest BCUT2D eigenvalue weighted by atomic mass is 32.2. The second-order valence-electron chi connectivity index (χ2n) is 2.15. The van der Waals surface area contributed by atoms with E-state index in [-0.39, 0.29) is 0 Å². The number of amides is 1. The number of hydrogen-bond acceptors (Lipinski definition) is 4. The van der Waals surface area contributed by atoms with Crippen molar-refractivity contribution in [2.75, 3.05) is 0 Å². The summed E-state index contributed by atoms with van der Waals surface area (Å²) in [5.41, 5.74) is 4.63. The van der Waals surface area contributed by atoms with Crippen molar-refractivity contribution in [1.29, 1.82) is 0 Å². The van der Waals surface area contributed by atoms with Crippen molar-refractivity contribution in [2.45, 2.75) is 12.5 Å². The lowest BCUT2D eigenvalue weighted by molar-refractivity contribution is -0.140. The van der Waals surface area contributed by atoms with E-state index in [0.29, 0.717) is 0 Å². The highest BCUT2D eigenvalue weighted by Gasteiger charge is 2.24. The van der Waals surface area contributed by atoms with Crippen LogP contribution >= 0.6 is 0 Å². The van der Waals surface area contributed by atoms with Gasteiger partial charge in [-0.1, -0.05) is 0 Å². The van der Waals surface area contributed by atoms with E-state index in [1.807, 2.05) is 0 Å². The van der Waals surface area contributed by atoms with E-state index in [1.165, 1.54) is 4.72 Å². The topological polar surface area (TPSA) is 147 Å². The Hall–Kier alpha value is -1.19. The Labute approximate surface area is 73.6 Å². The van der Waals surface area contributed by atoms with Gasteiger partial charge in [-0.05, 0) is 0 Å². The van der Waals surface area contributed by atoms with Gasteiger partial charge in [0.1, 0.15) is 6.04 Å². The normalized spacial score (nSPS) is 13.6. The van der Waals surface area contributed by atoms with Gasteiger partial charge in [0.2, 0.25) is 5.91 Å². The average Bonchev–Trinajstić information content (AvgIpc) is 1.81. The minimum absolute atomic E-state index is 0.727. The quantitative estimate of drug-likeness (QED) is 0.377. The monoisotopic (exact) mass is 212 g/mol. The summed E-state index contributed by atoms with van der Waals surface area (Å²) in [6.07, 6.45) is -0.727. The first-order valence-corrected chi connectivity index (χ1v) is 4.42. The second-order valence-corrected chi connectivity index (χ2v) is 3.34. The molecule has 9 heteroatoms. The first kappa shape index (κ1) is 11.8. The van der Waals surface area contributed by atoms with Gasteiger partial charge in [-0.15, -0.1) is 0 Å². The summed E-state index contributed by atoms with van der Waals surface area (Å²) in [6.45, 7) is 0. The van der Waals surface area contributed by atoms with Crippen molar-refractivity contribution in [2.24, 2.45) is 5.73 Å². The highest BCUT2D eigenvalue weighted by Crippen LogP contribution is 1.93. The maximum absolute atomic E-state index is 10.3. The van der Waals surface area contributed by atoms with E-state index in [4.69, 9.17) is 9.66 Å². The molecular weight excluding hydrogens is 204 g/mol. The zero-order valence-corrected chi connectivity index (χ0v) is 7.11. The van der Waals surface area contributed by atoms with Crippen LogP contribution in [0.5, 0.6) is 0 Å². The predicted molar refractivity (Wildman–Crippen MR) is 39.9 cm³/mol. The van der Waals surface area contributed by atoms with Crippen LogP contribution in [0.4, 0.5) is 0 Å². The molecular formula is C4H8N2O6S. The number of carbonyl (C=O) groups excluding carboxylic acids is 1. The summed E-state index contributed by atoms with van der Waals surface area (Å²) >= 11 is 0. The van der Waals surface area contributed by atoms with Crippen molar-refractivity contribution in [3.05, 3.63) is 0 Å². The van der Waals surface area contributed by atoms with E-state index >= 15 is 0 Å².